The molecule has 1 aliphatic heterocycles. The lowest BCUT2D eigenvalue weighted by Gasteiger charge is -2.30. The Labute approximate surface area is 151 Å². The lowest BCUT2D eigenvalue weighted by Crippen LogP contribution is -2.38. The third-order valence-corrected chi connectivity index (χ3v) is 6.06. The molecule has 1 aliphatic rings. The van der Waals surface area contributed by atoms with Gasteiger partial charge in [-0.2, -0.15) is 0 Å². The number of nitrogens with zero attached hydrogens (tertiary/aromatic N) is 3. The molecule has 0 saturated carbocycles. The Morgan fingerprint density at radius 3 is 2.60 bits per heavy atom. The number of nitrogens with one attached hydrogen (secondary N) is 1. The van der Waals surface area contributed by atoms with E-state index >= 15 is 0 Å². The highest BCUT2D eigenvalue weighted by molar-refractivity contribution is 7.13. The van der Waals surface area contributed by atoms with Crippen LogP contribution in [0.3, 0.4) is 0 Å². The number of rotatable bonds is 2. The van der Waals surface area contributed by atoms with Crippen LogP contribution in [0.1, 0.15) is 50.5 Å². The largest absolute Gasteiger partial charge is 0.342 e. The van der Waals surface area contributed by atoms with Crippen LogP contribution in [0.25, 0.3) is 11.0 Å². The number of para-hydroxylation sites is 1. The SMILES string of the molecule is Cc1nc(C)c(C(=O)N2CCC(c3nc4c(C)cccc4[nH]3)CC2)s1. The topological polar surface area (TPSA) is 61.9 Å². The molecule has 0 bridgehead atoms. The van der Waals surface area contributed by atoms with Crippen molar-refractivity contribution in [2.75, 3.05) is 13.1 Å². The van der Waals surface area contributed by atoms with E-state index in [4.69, 9.17) is 4.98 Å². The van der Waals surface area contributed by atoms with E-state index in [1.165, 1.54) is 16.9 Å². The minimum absolute atomic E-state index is 0.127. The predicted octanol–water partition coefficient (Wildman–Crippen LogP) is 3.96. The standard InChI is InChI=1S/C19H22N4OS/c1-11-5-4-6-15-16(11)22-18(21-15)14-7-9-23(10-8-14)19(24)17-12(2)20-13(3)25-17/h4-6,14H,7-10H2,1-3H3,(H,21,22). The summed E-state index contributed by atoms with van der Waals surface area (Å²) in [6, 6.07) is 6.22. The molecule has 0 atom stereocenters. The molecule has 1 saturated heterocycles. The fourth-order valence-electron chi connectivity index (χ4n) is 3.62. The summed E-state index contributed by atoms with van der Waals surface area (Å²) in [4.78, 5) is 28.1. The number of hydrogen-bond acceptors (Lipinski definition) is 4. The first-order chi connectivity index (χ1) is 12.0. The average molecular weight is 354 g/mol. The van der Waals surface area contributed by atoms with Crippen molar-refractivity contribution in [3.05, 3.63) is 45.2 Å². The van der Waals surface area contributed by atoms with Gasteiger partial charge in [-0.05, 0) is 45.2 Å². The van der Waals surface area contributed by atoms with Crippen molar-refractivity contribution in [3.63, 3.8) is 0 Å². The van der Waals surface area contributed by atoms with Crippen molar-refractivity contribution >= 4 is 28.3 Å². The number of hydrogen-bond donors (Lipinski definition) is 1. The molecule has 25 heavy (non-hydrogen) atoms. The molecule has 0 radical (unpaired) electrons. The number of carbonyl (C=O) groups is 1. The van der Waals surface area contributed by atoms with Gasteiger partial charge in [0.05, 0.1) is 21.7 Å². The number of amides is 1. The van der Waals surface area contributed by atoms with Crippen LogP contribution >= 0.6 is 11.3 Å². The number of fused-ring (bicyclic) bond motifs is 1. The number of thiazole rings is 1. The molecule has 0 aliphatic carbocycles. The quantitative estimate of drug-likeness (QED) is 0.757. The summed E-state index contributed by atoms with van der Waals surface area (Å²) in [7, 11) is 0. The van der Waals surface area contributed by atoms with E-state index in [0.717, 1.165) is 58.4 Å². The van der Waals surface area contributed by atoms with Crippen LogP contribution < -0.4 is 0 Å². The summed E-state index contributed by atoms with van der Waals surface area (Å²) < 4.78 is 0. The fraction of sp³-hybridized carbons (Fsp3) is 0.421. The Kier molecular flexibility index (Phi) is 4.07. The second-order valence-electron chi connectivity index (χ2n) is 6.81. The van der Waals surface area contributed by atoms with Gasteiger partial charge in [0, 0.05) is 19.0 Å². The maximum Gasteiger partial charge on any atom is 0.265 e. The minimum atomic E-state index is 0.127. The molecule has 5 nitrogen and oxygen atoms in total. The lowest BCUT2D eigenvalue weighted by molar-refractivity contribution is 0.0715. The fourth-order valence-corrected chi connectivity index (χ4v) is 4.51. The van der Waals surface area contributed by atoms with E-state index in [2.05, 4.69) is 35.1 Å². The third kappa shape index (κ3) is 2.95. The van der Waals surface area contributed by atoms with Gasteiger partial charge in [0.25, 0.3) is 5.91 Å². The first kappa shape index (κ1) is 16.3. The van der Waals surface area contributed by atoms with Gasteiger partial charge in [0.1, 0.15) is 10.7 Å². The monoisotopic (exact) mass is 354 g/mol. The molecule has 130 valence electrons. The second kappa shape index (κ2) is 6.26. The number of piperidine rings is 1. The number of aryl methyl sites for hydroxylation is 3. The van der Waals surface area contributed by atoms with Crippen LogP contribution in [0.5, 0.6) is 0 Å². The van der Waals surface area contributed by atoms with E-state index in [1.54, 1.807) is 0 Å². The van der Waals surface area contributed by atoms with E-state index in [1.807, 2.05) is 18.7 Å². The van der Waals surface area contributed by atoms with Crippen LogP contribution in [0, 0.1) is 20.8 Å². The molecule has 3 heterocycles. The van der Waals surface area contributed by atoms with E-state index in [0.29, 0.717) is 5.92 Å². The van der Waals surface area contributed by atoms with Crippen LogP contribution in [-0.2, 0) is 0 Å². The number of aromatic amines is 1. The molecule has 1 aromatic carbocycles. The predicted molar refractivity (Wildman–Crippen MR) is 100 cm³/mol. The Balaban J connectivity index is 1.48. The van der Waals surface area contributed by atoms with Gasteiger partial charge in [-0.15, -0.1) is 11.3 Å². The van der Waals surface area contributed by atoms with E-state index in [9.17, 15) is 4.79 Å². The van der Waals surface area contributed by atoms with Gasteiger partial charge in [-0.3, -0.25) is 4.79 Å². The van der Waals surface area contributed by atoms with Crippen LogP contribution in [-0.4, -0.2) is 38.8 Å². The Hall–Kier alpha value is -2.21. The molecule has 1 fully saturated rings. The minimum Gasteiger partial charge on any atom is -0.342 e. The Morgan fingerprint density at radius 2 is 1.96 bits per heavy atom. The van der Waals surface area contributed by atoms with Crippen molar-refractivity contribution in [1.82, 2.24) is 19.9 Å². The normalized spacial score (nSPS) is 15.9. The first-order valence-corrected chi connectivity index (χ1v) is 9.53. The van der Waals surface area contributed by atoms with Crippen molar-refractivity contribution < 1.29 is 4.79 Å². The third-order valence-electron chi connectivity index (χ3n) is 5.00. The van der Waals surface area contributed by atoms with Crippen molar-refractivity contribution in [2.45, 2.75) is 39.5 Å². The van der Waals surface area contributed by atoms with Crippen LogP contribution in [0.15, 0.2) is 18.2 Å². The number of H-pyrrole nitrogens is 1. The van der Waals surface area contributed by atoms with Gasteiger partial charge in [0.2, 0.25) is 0 Å². The van der Waals surface area contributed by atoms with Gasteiger partial charge >= 0.3 is 0 Å². The molecule has 4 rings (SSSR count). The molecule has 0 spiro atoms. The molecule has 3 aromatic rings. The van der Waals surface area contributed by atoms with Gasteiger partial charge in [-0.25, -0.2) is 9.97 Å². The number of aromatic nitrogens is 3. The summed E-state index contributed by atoms with van der Waals surface area (Å²) in [6.45, 7) is 7.50. The highest BCUT2D eigenvalue weighted by Gasteiger charge is 2.28. The highest BCUT2D eigenvalue weighted by Crippen LogP contribution is 2.30. The van der Waals surface area contributed by atoms with Crippen molar-refractivity contribution in [3.8, 4) is 0 Å². The van der Waals surface area contributed by atoms with Crippen molar-refractivity contribution in [1.29, 1.82) is 0 Å². The van der Waals surface area contributed by atoms with Crippen LogP contribution in [0.2, 0.25) is 0 Å². The number of imidazole rings is 1. The van der Waals surface area contributed by atoms with E-state index < -0.39 is 0 Å². The zero-order valence-electron chi connectivity index (χ0n) is 14.8. The molecule has 0 unspecified atom stereocenters. The first-order valence-electron chi connectivity index (χ1n) is 8.71. The second-order valence-corrected chi connectivity index (χ2v) is 8.01. The lowest BCUT2D eigenvalue weighted by atomic mass is 9.96. The summed E-state index contributed by atoms with van der Waals surface area (Å²) in [5, 5.41) is 0.952. The molecule has 2 aromatic heterocycles. The van der Waals surface area contributed by atoms with Crippen LogP contribution in [0.4, 0.5) is 0 Å². The summed E-state index contributed by atoms with van der Waals surface area (Å²) in [5.41, 5.74) is 4.21. The Morgan fingerprint density at radius 1 is 1.20 bits per heavy atom. The summed E-state index contributed by atoms with van der Waals surface area (Å²) in [5.74, 6) is 1.57. The molecule has 6 heteroatoms. The zero-order chi connectivity index (χ0) is 17.6. The Bertz CT molecular complexity index is 934. The maximum absolute atomic E-state index is 12.7. The number of likely N-dealkylation sites (tertiary alicyclic amines) is 1. The summed E-state index contributed by atoms with van der Waals surface area (Å²) >= 11 is 1.50. The number of carbonyl (C=O) groups excluding carboxylic acids is 1. The summed E-state index contributed by atoms with van der Waals surface area (Å²) in [6.07, 6.45) is 1.89. The smallest absolute Gasteiger partial charge is 0.265 e. The van der Waals surface area contributed by atoms with Gasteiger partial charge in [0.15, 0.2) is 0 Å². The maximum atomic E-state index is 12.7. The molecule has 1 amide bonds. The highest BCUT2D eigenvalue weighted by atomic mass is 32.1. The van der Waals surface area contributed by atoms with Crippen molar-refractivity contribution in [2.24, 2.45) is 0 Å². The molecular weight excluding hydrogens is 332 g/mol. The number of benzene rings is 1. The zero-order valence-corrected chi connectivity index (χ0v) is 15.6. The van der Waals surface area contributed by atoms with E-state index in [-0.39, 0.29) is 5.91 Å². The molecular formula is C19H22N4OS. The molecule has 1 N–H and O–H groups in total. The van der Waals surface area contributed by atoms with Gasteiger partial charge in [-0.1, -0.05) is 12.1 Å². The van der Waals surface area contributed by atoms with Gasteiger partial charge < -0.3 is 9.88 Å². The average Bonchev–Trinajstić information content (AvgIpc) is 3.18.